The van der Waals surface area contributed by atoms with Crippen LogP contribution in [-0.2, 0) is 16.6 Å². The maximum absolute atomic E-state index is 13.8. The van der Waals surface area contributed by atoms with Gasteiger partial charge in [-0.25, -0.2) is 17.8 Å². The van der Waals surface area contributed by atoms with E-state index in [-0.39, 0.29) is 16.1 Å². The Morgan fingerprint density at radius 2 is 2.14 bits per heavy atom. The van der Waals surface area contributed by atoms with Crippen LogP contribution >= 0.6 is 11.3 Å². The SMILES string of the molecule is CC(C)NCc1ccc(F)c(S(=O)(=O)Nc2nccs2)c1. The highest BCUT2D eigenvalue weighted by atomic mass is 32.2. The molecular formula is C13H16FN3O2S2. The second-order valence-electron chi connectivity index (χ2n) is 4.74. The van der Waals surface area contributed by atoms with Crippen molar-refractivity contribution in [1.29, 1.82) is 0 Å². The van der Waals surface area contributed by atoms with Crippen LogP contribution in [0.1, 0.15) is 19.4 Å². The quantitative estimate of drug-likeness (QED) is 0.854. The van der Waals surface area contributed by atoms with Gasteiger partial charge in [0.05, 0.1) is 0 Å². The summed E-state index contributed by atoms with van der Waals surface area (Å²) in [7, 11) is -3.98. The van der Waals surface area contributed by atoms with Crippen molar-refractivity contribution in [3.63, 3.8) is 0 Å². The average Bonchev–Trinajstić information content (AvgIpc) is 2.89. The zero-order valence-electron chi connectivity index (χ0n) is 11.6. The molecule has 0 saturated heterocycles. The molecule has 1 heterocycles. The normalized spacial score (nSPS) is 11.8. The molecule has 0 bridgehead atoms. The first-order chi connectivity index (χ1) is 9.88. The monoisotopic (exact) mass is 329 g/mol. The molecule has 0 fully saturated rings. The zero-order valence-corrected chi connectivity index (χ0v) is 13.3. The average molecular weight is 329 g/mol. The minimum atomic E-state index is -3.98. The van der Waals surface area contributed by atoms with E-state index in [1.807, 2.05) is 13.8 Å². The number of thiazole rings is 1. The Kier molecular flexibility index (Phi) is 4.92. The smallest absolute Gasteiger partial charge is 0.266 e. The van der Waals surface area contributed by atoms with Crippen LogP contribution in [0, 0.1) is 5.82 Å². The lowest BCUT2D eigenvalue weighted by molar-refractivity contribution is 0.564. The van der Waals surface area contributed by atoms with Crippen molar-refractivity contribution in [2.75, 3.05) is 4.72 Å². The zero-order chi connectivity index (χ0) is 15.5. The molecule has 0 atom stereocenters. The fraction of sp³-hybridized carbons (Fsp3) is 0.308. The molecule has 0 aliphatic carbocycles. The predicted octanol–water partition coefficient (Wildman–Crippen LogP) is 2.58. The number of aromatic nitrogens is 1. The van der Waals surface area contributed by atoms with Crippen LogP contribution in [-0.4, -0.2) is 19.4 Å². The number of halogens is 1. The molecule has 1 aromatic carbocycles. The Bertz CT molecular complexity index is 700. The number of sulfonamides is 1. The molecule has 2 aromatic rings. The Balaban J connectivity index is 2.27. The third-order valence-electron chi connectivity index (χ3n) is 2.65. The van der Waals surface area contributed by atoms with Crippen molar-refractivity contribution in [2.24, 2.45) is 0 Å². The molecule has 21 heavy (non-hydrogen) atoms. The summed E-state index contributed by atoms with van der Waals surface area (Å²) in [6.07, 6.45) is 1.47. The number of anilines is 1. The van der Waals surface area contributed by atoms with E-state index in [0.717, 1.165) is 17.4 Å². The van der Waals surface area contributed by atoms with Gasteiger partial charge in [-0.1, -0.05) is 19.9 Å². The molecular weight excluding hydrogens is 313 g/mol. The maximum Gasteiger partial charge on any atom is 0.266 e. The van der Waals surface area contributed by atoms with Gasteiger partial charge in [-0.3, -0.25) is 4.72 Å². The first kappa shape index (κ1) is 15.9. The van der Waals surface area contributed by atoms with Crippen molar-refractivity contribution in [3.05, 3.63) is 41.2 Å². The molecule has 1 aromatic heterocycles. The van der Waals surface area contributed by atoms with Crippen LogP contribution in [0.2, 0.25) is 0 Å². The fourth-order valence-corrected chi connectivity index (χ4v) is 3.55. The Hall–Kier alpha value is -1.51. The summed E-state index contributed by atoms with van der Waals surface area (Å²) in [5.74, 6) is -0.785. The van der Waals surface area contributed by atoms with E-state index in [0.29, 0.717) is 12.1 Å². The van der Waals surface area contributed by atoms with Crippen molar-refractivity contribution in [1.82, 2.24) is 10.3 Å². The molecule has 8 heteroatoms. The first-order valence-corrected chi connectivity index (χ1v) is 8.69. The summed E-state index contributed by atoms with van der Waals surface area (Å²) in [4.78, 5) is 3.46. The predicted molar refractivity (Wildman–Crippen MR) is 81.3 cm³/mol. The first-order valence-electron chi connectivity index (χ1n) is 6.32. The highest BCUT2D eigenvalue weighted by Crippen LogP contribution is 2.21. The second-order valence-corrected chi connectivity index (χ2v) is 7.29. The van der Waals surface area contributed by atoms with E-state index >= 15 is 0 Å². The summed E-state index contributed by atoms with van der Waals surface area (Å²) in [6, 6.07) is 4.31. The van der Waals surface area contributed by atoms with Crippen LogP contribution in [0.4, 0.5) is 9.52 Å². The largest absolute Gasteiger partial charge is 0.310 e. The van der Waals surface area contributed by atoms with Gasteiger partial charge in [0, 0.05) is 24.2 Å². The van der Waals surface area contributed by atoms with E-state index in [1.165, 1.54) is 12.3 Å². The highest BCUT2D eigenvalue weighted by Gasteiger charge is 2.20. The number of hydrogen-bond donors (Lipinski definition) is 2. The topological polar surface area (TPSA) is 71.1 Å². The highest BCUT2D eigenvalue weighted by molar-refractivity contribution is 7.93. The molecule has 0 unspecified atom stereocenters. The summed E-state index contributed by atoms with van der Waals surface area (Å²) >= 11 is 1.13. The number of benzene rings is 1. The van der Waals surface area contributed by atoms with Crippen LogP contribution in [0.25, 0.3) is 0 Å². The summed E-state index contributed by atoms with van der Waals surface area (Å²) in [5.41, 5.74) is 0.699. The molecule has 5 nitrogen and oxygen atoms in total. The lowest BCUT2D eigenvalue weighted by atomic mass is 10.2. The Morgan fingerprint density at radius 3 is 2.76 bits per heavy atom. The molecule has 0 amide bonds. The Morgan fingerprint density at radius 1 is 1.38 bits per heavy atom. The molecule has 114 valence electrons. The van der Waals surface area contributed by atoms with E-state index in [1.54, 1.807) is 11.4 Å². The van der Waals surface area contributed by atoms with Gasteiger partial charge in [-0.05, 0) is 17.7 Å². The van der Waals surface area contributed by atoms with Crippen molar-refractivity contribution >= 4 is 26.5 Å². The second kappa shape index (κ2) is 6.50. The van der Waals surface area contributed by atoms with Crippen LogP contribution in [0.15, 0.2) is 34.7 Å². The maximum atomic E-state index is 13.8. The summed E-state index contributed by atoms with van der Waals surface area (Å²) < 4.78 is 40.5. The van der Waals surface area contributed by atoms with Gasteiger partial charge in [0.25, 0.3) is 10.0 Å². The van der Waals surface area contributed by atoms with Crippen LogP contribution < -0.4 is 10.0 Å². The van der Waals surface area contributed by atoms with Gasteiger partial charge in [0.2, 0.25) is 0 Å². The van der Waals surface area contributed by atoms with E-state index < -0.39 is 15.8 Å². The molecule has 0 spiro atoms. The van der Waals surface area contributed by atoms with E-state index in [2.05, 4.69) is 15.0 Å². The molecule has 2 rings (SSSR count). The lowest BCUT2D eigenvalue weighted by Gasteiger charge is -2.11. The third kappa shape index (κ3) is 4.23. The molecule has 2 N–H and O–H groups in total. The number of nitrogens with one attached hydrogen (secondary N) is 2. The Labute approximate surface area is 127 Å². The third-order valence-corrected chi connectivity index (χ3v) is 4.83. The fourth-order valence-electron chi connectivity index (χ4n) is 1.63. The molecule has 0 saturated carbocycles. The number of rotatable bonds is 6. The lowest BCUT2D eigenvalue weighted by Crippen LogP contribution is -2.22. The minimum absolute atomic E-state index is 0.208. The van der Waals surface area contributed by atoms with Crippen LogP contribution in [0.3, 0.4) is 0 Å². The number of hydrogen-bond acceptors (Lipinski definition) is 5. The van der Waals surface area contributed by atoms with Crippen molar-refractivity contribution < 1.29 is 12.8 Å². The summed E-state index contributed by atoms with van der Waals surface area (Å²) in [5, 5.41) is 5.00. The van der Waals surface area contributed by atoms with Crippen molar-refractivity contribution in [3.8, 4) is 0 Å². The molecule has 0 aliphatic heterocycles. The van der Waals surface area contributed by atoms with Gasteiger partial charge < -0.3 is 5.32 Å². The molecule has 0 aliphatic rings. The van der Waals surface area contributed by atoms with Gasteiger partial charge in [-0.15, -0.1) is 11.3 Å². The number of nitrogens with zero attached hydrogens (tertiary/aromatic N) is 1. The molecule has 0 radical (unpaired) electrons. The van der Waals surface area contributed by atoms with Crippen molar-refractivity contribution in [2.45, 2.75) is 31.3 Å². The standard InChI is InChI=1S/C13H16FN3O2S2/c1-9(2)16-8-10-3-4-11(14)12(7-10)21(18,19)17-13-15-5-6-20-13/h3-7,9,16H,8H2,1-2H3,(H,15,17). The van der Waals surface area contributed by atoms with Gasteiger partial charge in [0.15, 0.2) is 5.13 Å². The van der Waals surface area contributed by atoms with E-state index in [9.17, 15) is 12.8 Å². The van der Waals surface area contributed by atoms with Gasteiger partial charge in [-0.2, -0.15) is 0 Å². The van der Waals surface area contributed by atoms with E-state index in [4.69, 9.17) is 0 Å². The van der Waals surface area contributed by atoms with Gasteiger partial charge >= 0.3 is 0 Å². The van der Waals surface area contributed by atoms with Gasteiger partial charge in [0.1, 0.15) is 10.7 Å². The van der Waals surface area contributed by atoms with Crippen LogP contribution in [0.5, 0.6) is 0 Å². The minimum Gasteiger partial charge on any atom is -0.310 e. The summed E-state index contributed by atoms with van der Waals surface area (Å²) in [6.45, 7) is 4.42.